The Kier molecular flexibility index (Phi) is 5.09. The summed E-state index contributed by atoms with van der Waals surface area (Å²) >= 11 is 0. The second kappa shape index (κ2) is 6.39. The normalized spacial score (nSPS) is 12.4. The lowest BCUT2D eigenvalue weighted by molar-refractivity contribution is -0.117. The minimum atomic E-state index is 0.308. The van der Waals surface area contributed by atoms with E-state index in [4.69, 9.17) is 0 Å². The molecule has 0 aliphatic heterocycles. The Morgan fingerprint density at radius 2 is 1.93 bits per heavy atom. The van der Waals surface area contributed by atoms with E-state index in [1.165, 1.54) is 12.0 Å². The molecule has 1 aromatic rings. The summed E-state index contributed by atoms with van der Waals surface area (Å²) in [6, 6.07) is 10.5. The molecular weight excluding hydrogens is 184 g/mol. The predicted octanol–water partition coefficient (Wildman–Crippen LogP) is 3.62. The van der Waals surface area contributed by atoms with Crippen LogP contribution in [-0.2, 0) is 11.2 Å². The number of carbonyl (C=O) groups is 1. The summed E-state index contributed by atoms with van der Waals surface area (Å²) in [5, 5.41) is 0. The van der Waals surface area contributed by atoms with Crippen LogP contribution in [0.25, 0.3) is 0 Å². The molecule has 0 saturated carbocycles. The van der Waals surface area contributed by atoms with Gasteiger partial charge in [0.05, 0.1) is 0 Å². The van der Waals surface area contributed by atoms with Crippen molar-refractivity contribution in [3.05, 3.63) is 35.9 Å². The average molecular weight is 204 g/mol. The monoisotopic (exact) mass is 204 g/mol. The third-order valence-electron chi connectivity index (χ3n) is 2.64. The van der Waals surface area contributed by atoms with Gasteiger partial charge in [0.2, 0.25) is 0 Å². The van der Waals surface area contributed by atoms with Gasteiger partial charge in [-0.2, -0.15) is 0 Å². The highest BCUT2D eigenvalue weighted by Crippen LogP contribution is 2.13. The molecule has 0 bridgehead atoms. The Hall–Kier alpha value is -1.11. The van der Waals surface area contributed by atoms with E-state index in [-0.39, 0.29) is 0 Å². The van der Waals surface area contributed by atoms with Crippen molar-refractivity contribution >= 4 is 5.78 Å². The van der Waals surface area contributed by atoms with Gasteiger partial charge >= 0.3 is 0 Å². The zero-order valence-electron chi connectivity index (χ0n) is 9.70. The van der Waals surface area contributed by atoms with Crippen LogP contribution in [0.1, 0.15) is 38.7 Å². The lowest BCUT2D eigenvalue weighted by Gasteiger charge is -2.08. The molecule has 15 heavy (non-hydrogen) atoms. The van der Waals surface area contributed by atoms with Crippen LogP contribution in [0.4, 0.5) is 0 Å². The Morgan fingerprint density at radius 3 is 2.53 bits per heavy atom. The number of hydrogen-bond acceptors (Lipinski definition) is 1. The fraction of sp³-hybridized carbons (Fsp3) is 0.500. The maximum atomic E-state index is 10.9. The molecule has 1 heteroatoms. The van der Waals surface area contributed by atoms with Crippen molar-refractivity contribution in [2.24, 2.45) is 5.92 Å². The Bertz CT molecular complexity index is 289. The van der Waals surface area contributed by atoms with Gasteiger partial charge in [-0.3, -0.25) is 0 Å². The van der Waals surface area contributed by atoms with E-state index in [1.807, 2.05) is 6.07 Å². The van der Waals surface area contributed by atoms with E-state index in [0.29, 0.717) is 11.7 Å². The fourth-order valence-corrected chi connectivity index (χ4v) is 1.89. The molecule has 0 aromatic heterocycles. The minimum absolute atomic E-state index is 0.308. The number of Topliss-reactive ketones (excluding diaryl/α,β-unsaturated/α-hetero) is 1. The smallest absolute Gasteiger partial charge is 0.130 e. The second-order valence-electron chi connectivity index (χ2n) is 4.39. The number of ketones is 1. The number of hydrogen-bond donors (Lipinski definition) is 0. The predicted molar refractivity (Wildman–Crippen MR) is 63.8 cm³/mol. The van der Waals surface area contributed by atoms with E-state index in [2.05, 4.69) is 31.2 Å². The van der Waals surface area contributed by atoms with Crippen LogP contribution in [0.3, 0.4) is 0 Å². The highest BCUT2D eigenvalue weighted by Gasteiger charge is 2.04. The summed E-state index contributed by atoms with van der Waals surface area (Å²) in [5.74, 6) is 0.841. The molecule has 1 aromatic carbocycles. The topological polar surface area (TPSA) is 17.1 Å². The third kappa shape index (κ3) is 5.36. The highest BCUT2D eigenvalue weighted by molar-refractivity contribution is 5.75. The van der Waals surface area contributed by atoms with Gasteiger partial charge in [-0.25, -0.2) is 0 Å². The van der Waals surface area contributed by atoms with Crippen LogP contribution >= 0.6 is 0 Å². The summed E-state index contributed by atoms with van der Waals surface area (Å²) in [5.41, 5.74) is 1.40. The average Bonchev–Trinajstić information content (AvgIpc) is 2.18. The molecular formula is C14H20O. The maximum absolute atomic E-state index is 10.9. The summed E-state index contributed by atoms with van der Waals surface area (Å²) in [4.78, 5) is 10.9. The van der Waals surface area contributed by atoms with E-state index < -0.39 is 0 Å². The number of carbonyl (C=O) groups excluding carboxylic acids is 1. The van der Waals surface area contributed by atoms with Gasteiger partial charge in [-0.1, -0.05) is 37.3 Å². The summed E-state index contributed by atoms with van der Waals surface area (Å²) in [6.45, 7) is 3.83. The number of aryl methyl sites for hydroxylation is 1. The Balaban J connectivity index is 2.19. The summed E-state index contributed by atoms with van der Waals surface area (Å²) in [7, 11) is 0. The van der Waals surface area contributed by atoms with Crippen molar-refractivity contribution in [1.82, 2.24) is 0 Å². The van der Waals surface area contributed by atoms with Crippen molar-refractivity contribution in [3.63, 3.8) is 0 Å². The zero-order valence-corrected chi connectivity index (χ0v) is 9.70. The number of benzene rings is 1. The first-order chi connectivity index (χ1) is 7.18. The molecule has 1 unspecified atom stereocenters. The first kappa shape index (κ1) is 12.0. The van der Waals surface area contributed by atoms with Crippen LogP contribution in [0, 0.1) is 5.92 Å². The fourth-order valence-electron chi connectivity index (χ4n) is 1.89. The first-order valence-electron chi connectivity index (χ1n) is 5.72. The molecule has 0 heterocycles. The van der Waals surface area contributed by atoms with Crippen LogP contribution in [-0.4, -0.2) is 5.78 Å². The standard InChI is InChI=1S/C14H20O/c1-12(11-13(2)15)7-6-10-14-8-4-3-5-9-14/h3-5,8-9,12H,6-7,10-11H2,1-2H3. The van der Waals surface area contributed by atoms with Crippen LogP contribution in [0.15, 0.2) is 30.3 Å². The highest BCUT2D eigenvalue weighted by atomic mass is 16.1. The molecule has 0 aliphatic carbocycles. The first-order valence-corrected chi connectivity index (χ1v) is 5.72. The van der Waals surface area contributed by atoms with Crippen molar-refractivity contribution in [3.8, 4) is 0 Å². The Labute approximate surface area is 92.5 Å². The van der Waals surface area contributed by atoms with Crippen LogP contribution in [0.5, 0.6) is 0 Å². The summed E-state index contributed by atoms with van der Waals surface area (Å²) < 4.78 is 0. The quantitative estimate of drug-likeness (QED) is 0.691. The maximum Gasteiger partial charge on any atom is 0.130 e. The van der Waals surface area contributed by atoms with E-state index in [0.717, 1.165) is 19.3 Å². The molecule has 0 amide bonds. The van der Waals surface area contributed by atoms with Crippen LogP contribution in [0.2, 0.25) is 0 Å². The van der Waals surface area contributed by atoms with Gasteiger partial charge in [0.25, 0.3) is 0 Å². The lowest BCUT2D eigenvalue weighted by atomic mass is 9.97. The SMILES string of the molecule is CC(=O)CC(C)CCCc1ccccc1. The molecule has 0 spiro atoms. The van der Waals surface area contributed by atoms with Gasteiger partial charge in [0.15, 0.2) is 0 Å². The molecule has 0 N–H and O–H groups in total. The van der Waals surface area contributed by atoms with Crippen molar-refractivity contribution in [1.29, 1.82) is 0 Å². The van der Waals surface area contributed by atoms with Gasteiger partial charge in [0.1, 0.15) is 5.78 Å². The molecule has 1 nitrogen and oxygen atoms in total. The van der Waals surface area contributed by atoms with Crippen molar-refractivity contribution < 1.29 is 4.79 Å². The third-order valence-corrected chi connectivity index (χ3v) is 2.64. The van der Waals surface area contributed by atoms with Crippen LogP contribution < -0.4 is 0 Å². The second-order valence-corrected chi connectivity index (χ2v) is 4.39. The van der Waals surface area contributed by atoms with E-state index in [9.17, 15) is 4.79 Å². The van der Waals surface area contributed by atoms with Gasteiger partial charge < -0.3 is 4.79 Å². The van der Waals surface area contributed by atoms with Gasteiger partial charge in [0, 0.05) is 6.42 Å². The van der Waals surface area contributed by atoms with Crippen molar-refractivity contribution in [2.45, 2.75) is 39.5 Å². The largest absolute Gasteiger partial charge is 0.300 e. The molecule has 0 radical (unpaired) electrons. The molecule has 82 valence electrons. The zero-order chi connectivity index (χ0) is 11.1. The van der Waals surface area contributed by atoms with E-state index >= 15 is 0 Å². The molecule has 1 atom stereocenters. The molecule has 0 saturated heterocycles. The summed E-state index contributed by atoms with van der Waals surface area (Å²) in [6.07, 6.45) is 4.19. The van der Waals surface area contributed by atoms with E-state index in [1.54, 1.807) is 6.92 Å². The lowest BCUT2D eigenvalue weighted by Crippen LogP contribution is -2.02. The molecule has 0 aliphatic rings. The molecule has 1 rings (SSSR count). The minimum Gasteiger partial charge on any atom is -0.300 e. The number of rotatable bonds is 6. The Morgan fingerprint density at radius 1 is 1.27 bits per heavy atom. The molecule has 0 fully saturated rings. The van der Waals surface area contributed by atoms with Crippen molar-refractivity contribution in [2.75, 3.05) is 0 Å². The van der Waals surface area contributed by atoms with Gasteiger partial charge in [-0.15, -0.1) is 0 Å². The van der Waals surface area contributed by atoms with Gasteiger partial charge in [-0.05, 0) is 37.7 Å².